The molecule has 14 nitrogen and oxygen atoms in total. The predicted octanol–water partition coefficient (Wildman–Crippen LogP) is -1.27. The van der Waals surface area contributed by atoms with Crippen LogP contribution in [0.15, 0.2) is 16.4 Å². The monoisotopic (exact) mass is 558 g/mol. The maximum Gasteiger partial charge on any atom is 0.471 e. The van der Waals surface area contributed by atoms with E-state index >= 15 is 0 Å². The Hall–Kier alpha value is -2.87. The lowest BCUT2D eigenvalue weighted by Crippen LogP contribution is -2.71. The number of aromatic amines is 1. The molecule has 1 aromatic rings. The molecule has 1 saturated heterocycles. The van der Waals surface area contributed by atoms with Crippen LogP contribution >= 0.6 is 23.5 Å². The second kappa shape index (κ2) is 10.8. The van der Waals surface area contributed by atoms with E-state index in [1.54, 1.807) is 0 Å². The number of thioether (sulfide) groups is 2. The summed E-state index contributed by atoms with van der Waals surface area (Å²) in [6.07, 6.45) is 0.185. The minimum absolute atomic E-state index is 0.0678. The van der Waals surface area contributed by atoms with E-state index in [2.05, 4.69) is 31.3 Å². The molecular formula is C15H17F3N8O6S3. The molecule has 0 saturated carbocycles. The van der Waals surface area contributed by atoms with Crippen LogP contribution in [0.25, 0.3) is 0 Å². The number of fused-ring (bicyclic) bond motifs is 1. The van der Waals surface area contributed by atoms with Crippen molar-refractivity contribution < 1.29 is 41.7 Å². The molecule has 20 heteroatoms. The quantitative estimate of drug-likeness (QED) is 0.169. The Morgan fingerprint density at radius 2 is 2.11 bits per heavy atom. The van der Waals surface area contributed by atoms with Gasteiger partial charge in [0.2, 0.25) is 11.1 Å². The molecule has 1 fully saturated rings. The third-order valence-electron chi connectivity index (χ3n) is 4.71. The fraction of sp³-hybridized carbons (Fsp3) is 0.533. The maximum absolute atomic E-state index is 12.7. The molecule has 4 amide bonds. The lowest BCUT2D eigenvalue weighted by Gasteiger charge is -2.50. The molecule has 0 aromatic carbocycles. The summed E-state index contributed by atoms with van der Waals surface area (Å²) in [5.41, 5.74) is -0.0745. The predicted molar refractivity (Wildman–Crippen MR) is 115 cm³/mol. The van der Waals surface area contributed by atoms with E-state index in [1.165, 1.54) is 0 Å². The number of carbonyl (C=O) groups excluding carboxylic acids is 3. The van der Waals surface area contributed by atoms with Gasteiger partial charge < -0.3 is 21.5 Å². The zero-order chi connectivity index (χ0) is 25.9. The number of hydrogen-bond acceptors (Lipinski definition) is 10. The molecule has 0 aliphatic carbocycles. The summed E-state index contributed by atoms with van der Waals surface area (Å²) in [4.78, 5) is 48.6. The first-order valence-corrected chi connectivity index (χ1v) is 12.7. The highest BCUT2D eigenvalue weighted by Crippen LogP contribution is 2.44. The number of aromatic nitrogens is 4. The van der Waals surface area contributed by atoms with Gasteiger partial charge in [-0.2, -0.15) is 18.4 Å². The fourth-order valence-electron chi connectivity index (χ4n) is 3.27. The third kappa shape index (κ3) is 6.23. The summed E-state index contributed by atoms with van der Waals surface area (Å²) in [6, 6.07) is -2.07. The highest BCUT2D eigenvalue weighted by atomic mass is 32.2. The molecule has 2 aliphatic rings. The van der Waals surface area contributed by atoms with Crippen molar-refractivity contribution in [2.45, 2.75) is 33.8 Å². The molecule has 3 heterocycles. The van der Waals surface area contributed by atoms with Crippen LogP contribution in [0.1, 0.15) is 6.42 Å². The van der Waals surface area contributed by atoms with Crippen molar-refractivity contribution in [2.75, 3.05) is 18.1 Å². The first-order valence-electron chi connectivity index (χ1n) is 9.49. The standard InChI is InChI=1S/C15H17F3N8O6S3/c16-15(17,18)35(32)4-7(27)21-8-10(28)26-9(12(29)30)5(3-33-11(8)26)6(1-2-20-13(19)31)34-14-22-24-25-23-14/h6,8,11H,1-4H2,(H,21,27)(H,29,30)(H3,19,20,31)(H,22,23,24,25)/t6?,8?,11-,35?/m0/s1. The summed E-state index contributed by atoms with van der Waals surface area (Å²) < 4.78 is 48.4. The number of nitrogens with one attached hydrogen (secondary N) is 3. The number of tetrazole rings is 1. The van der Waals surface area contributed by atoms with Gasteiger partial charge in [0.15, 0.2) is 0 Å². The Kier molecular flexibility index (Phi) is 8.26. The number of primary amides is 1. The number of nitrogens with two attached hydrogens (primary N) is 1. The third-order valence-corrected chi connectivity index (χ3v) is 8.24. The summed E-state index contributed by atoms with van der Waals surface area (Å²) in [6.45, 7) is 0.0678. The number of hydrogen-bond donors (Lipinski definition) is 5. The first kappa shape index (κ1) is 26.7. The van der Waals surface area contributed by atoms with Crippen LogP contribution in [0.3, 0.4) is 0 Å². The number of carboxylic acids is 1. The van der Waals surface area contributed by atoms with Gasteiger partial charge in [-0.05, 0) is 17.2 Å². The maximum atomic E-state index is 12.7. The lowest BCUT2D eigenvalue weighted by atomic mass is 10.0. The van der Waals surface area contributed by atoms with Gasteiger partial charge in [-0.1, -0.05) is 11.8 Å². The second-order valence-corrected chi connectivity index (χ2v) is 10.7. The average molecular weight is 559 g/mol. The molecule has 0 bridgehead atoms. The van der Waals surface area contributed by atoms with Gasteiger partial charge in [0, 0.05) is 17.5 Å². The summed E-state index contributed by atoms with van der Waals surface area (Å²) in [7, 11) is -3.44. The summed E-state index contributed by atoms with van der Waals surface area (Å²) in [5.74, 6) is -4.85. The number of alkyl halides is 3. The van der Waals surface area contributed by atoms with E-state index in [1.807, 2.05) is 0 Å². The zero-order valence-electron chi connectivity index (χ0n) is 17.3. The van der Waals surface area contributed by atoms with Gasteiger partial charge >= 0.3 is 17.5 Å². The van der Waals surface area contributed by atoms with Crippen LogP contribution in [0.2, 0.25) is 0 Å². The number of nitrogens with zero attached hydrogens (tertiary/aromatic N) is 4. The van der Waals surface area contributed by atoms with Gasteiger partial charge in [-0.15, -0.1) is 22.0 Å². The number of halogens is 3. The number of rotatable bonds is 10. The lowest BCUT2D eigenvalue weighted by molar-refractivity contribution is -0.150. The number of H-pyrrole nitrogens is 1. The van der Waals surface area contributed by atoms with Crippen molar-refractivity contribution in [3.05, 3.63) is 11.3 Å². The van der Waals surface area contributed by atoms with Crippen molar-refractivity contribution in [3.8, 4) is 0 Å². The molecule has 3 unspecified atom stereocenters. The SMILES string of the molecule is NC(=O)NCCC(Sc1nn[nH]n1)C1=C(C(=O)O)N2C(=O)C(NC(=O)CS(=O)C(F)(F)F)[C@@H]2SC1. The van der Waals surface area contributed by atoms with Gasteiger partial charge in [0.05, 0.1) is 0 Å². The smallest absolute Gasteiger partial charge is 0.471 e. The van der Waals surface area contributed by atoms with Gasteiger partial charge in [0.1, 0.15) is 33.7 Å². The molecule has 6 N–H and O–H groups in total. The number of carbonyl (C=O) groups is 4. The van der Waals surface area contributed by atoms with Crippen molar-refractivity contribution >= 4 is 58.1 Å². The average Bonchev–Trinajstić information content (AvgIpc) is 3.27. The summed E-state index contributed by atoms with van der Waals surface area (Å²) >= 11 is 2.12. The second-order valence-electron chi connectivity index (χ2n) is 6.95. The van der Waals surface area contributed by atoms with E-state index in [0.29, 0.717) is 5.57 Å². The summed E-state index contributed by atoms with van der Waals surface area (Å²) in [5, 5.41) is 26.3. The Labute approximate surface area is 204 Å². The number of β-lactam (4-membered cyclic amide) rings is 1. The van der Waals surface area contributed by atoms with Crippen LogP contribution in [0, 0.1) is 0 Å². The topological polar surface area (TPSA) is 213 Å². The molecule has 4 atom stereocenters. The van der Waals surface area contributed by atoms with Crippen LogP contribution < -0.4 is 16.4 Å². The van der Waals surface area contributed by atoms with Crippen LogP contribution in [0.5, 0.6) is 0 Å². The van der Waals surface area contributed by atoms with Gasteiger partial charge in [-0.25, -0.2) is 13.8 Å². The number of amides is 4. The van der Waals surface area contributed by atoms with E-state index < -0.39 is 62.5 Å². The number of aliphatic carboxylic acids is 1. The fourth-order valence-corrected chi connectivity index (χ4v) is 6.29. The molecular weight excluding hydrogens is 541 g/mol. The number of urea groups is 1. The largest absolute Gasteiger partial charge is 0.477 e. The Morgan fingerprint density at radius 1 is 1.40 bits per heavy atom. The van der Waals surface area contributed by atoms with Gasteiger partial charge in [0.25, 0.3) is 5.91 Å². The highest BCUT2D eigenvalue weighted by Gasteiger charge is 2.55. The first-order chi connectivity index (χ1) is 16.4. The zero-order valence-corrected chi connectivity index (χ0v) is 19.7. The van der Waals surface area contributed by atoms with Crippen molar-refractivity contribution in [1.82, 2.24) is 36.2 Å². The van der Waals surface area contributed by atoms with Crippen LogP contribution in [-0.2, 0) is 25.2 Å². The molecule has 1 aromatic heterocycles. The Balaban J connectivity index is 1.79. The van der Waals surface area contributed by atoms with Crippen LogP contribution in [0.4, 0.5) is 18.0 Å². The van der Waals surface area contributed by atoms with Crippen molar-refractivity contribution in [2.24, 2.45) is 5.73 Å². The molecule has 2 aliphatic heterocycles. The molecule has 192 valence electrons. The Morgan fingerprint density at radius 3 is 2.69 bits per heavy atom. The van der Waals surface area contributed by atoms with Crippen LogP contribution in [-0.4, -0.2) is 98.9 Å². The van der Waals surface area contributed by atoms with E-state index in [0.717, 1.165) is 28.4 Å². The molecule has 35 heavy (non-hydrogen) atoms. The van der Waals surface area contributed by atoms with E-state index in [4.69, 9.17) is 5.73 Å². The minimum Gasteiger partial charge on any atom is -0.477 e. The minimum atomic E-state index is -5.09. The molecule has 0 radical (unpaired) electrons. The number of carboxylic acid groups (broad SMARTS) is 1. The Bertz CT molecular complexity index is 1070. The molecule has 3 rings (SSSR count). The highest BCUT2D eigenvalue weighted by molar-refractivity contribution is 8.01. The van der Waals surface area contributed by atoms with Crippen molar-refractivity contribution in [1.29, 1.82) is 0 Å². The normalized spacial score (nSPS) is 21.6. The van der Waals surface area contributed by atoms with E-state index in [9.17, 15) is 41.7 Å². The van der Waals surface area contributed by atoms with Gasteiger partial charge in [-0.3, -0.25) is 14.5 Å². The van der Waals surface area contributed by atoms with E-state index in [-0.39, 0.29) is 29.6 Å². The van der Waals surface area contributed by atoms with Crippen molar-refractivity contribution in [3.63, 3.8) is 0 Å². The molecule has 0 spiro atoms.